The van der Waals surface area contributed by atoms with E-state index in [1.54, 1.807) is 6.20 Å². The molecule has 1 aliphatic rings. The zero-order valence-electron chi connectivity index (χ0n) is 19.2. The van der Waals surface area contributed by atoms with Crippen molar-refractivity contribution in [2.24, 2.45) is 0 Å². The number of hydrogen-bond acceptors (Lipinski definition) is 5. The van der Waals surface area contributed by atoms with Crippen molar-refractivity contribution in [3.05, 3.63) is 52.9 Å². The highest BCUT2D eigenvalue weighted by molar-refractivity contribution is 6.32. The zero-order valence-corrected chi connectivity index (χ0v) is 19.9. The Morgan fingerprint density at radius 1 is 1.18 bits per heavy atom. The molecule has 1 aromatic heterocycles. The topological polar surface area (TPSA) is 65.5 Å². The average molecular weight is 470 g/mol. The third-order valence-electron chi connectivity index (χ3n) is 6.62. The number of aromatic nitrogens is 1. The minimum Gasteiger partial charge on any atom is -0.504 e. The lowest BCUT2D eigenvalue weighted by Crippen LogP contribution is -2.36. The summed E-state index contributed by atoms with van der Waals surface area (Å²) < 4.78 is 14.1. The number of halogens is 2. The number of anilines is 1. The summed E-state index contributed by atoms with van der Waals surface area (Å²) in [5.74, 6) is -1.31. The van der Waals surface area contributed by atoms with Crippen LogP contribution in [0.4, 0.5) is 10.1 Å². The molecular weight excluding hydrogens is 441 g/mol. The number of nitrogens with one attached hydrogen (secondary N) is 1. The Labute approximate surface area is 198 Å². The number of fused-ring (bicyclic) bond motifs is 1. The number of Topliss-reactive ketones (excluding diaryl/α,β-unsaturated/α-hetero) is 1. The Hall–Kier alpha value is -2.70. The van der Waals surface area contributed by atoms with E-state index < -0.39 is 11.6 Å². The Morgan fingerprint density at radius 3 is 2.55 bits per heavy atom. The molecule has 1 aliphatic carbocycles. The second-order valence-corrected chi connectivity index (χ2v) is 9.36. The molecule has 2 N–H and O–H groups in total. The van der Waals surface area contributed by atoms with Crippen LogP contribution in [-0.4, -0.2) is 47.0 Å². The van der Waals surface area contributed by atoms with Crippen LogP contribution in [0, 0.1) is 5.82 Å². The van der Waals surface area contributed by atoms with Gasteiger partial charge in [-0.2, -0.15) is 0 Å². The van der Waals surface area contributed by atoms with E-state index >= 15 is 0 Å². The molecule has 1 fully saturated rings. The quantitative estimate of drug-likeness (QED) is 0.416. The van der Waals surface area contributed by atoms with Gasteiger partial charge in [0.15, 0.2) is 17.3 Å². The maximum Gasteiger partial charge on any atom is 0.170 e. The first-order valence-corrected chi connectivity index (χ1v) is 11.7. The van der Waals surface area contributed by atoms with Gasteiger partial charge in [-0.1, -0.05) is 24.6 Å². The minimum absolute atomic E-state index is 0.0259. The molecule has 0 amide bonds. The average Bonchev–Trinajstić information content (AvgIpc) is 2.82. The first-order valence-electron chi connectivity index (χ1n) is 11.4. The molecule has 1 saturated carbocycles. The van der Waals surface area contributed by atoms with Crippen LogP contribution in [0.5, 0.6) is 5.75 Å². The standard InChI is InChI=1S/C26H29ClFN3O2/c1-4-24(32)20-14-29-23-10-5-15(16-12-21(27)26(33)22(28)13-16)11-19(23)25(20)30-17-6-8-18(9-7-17)31(2)3/h5,10-14,17-18,33H,4,6-9H2,1-3H3,(H,29,30). The van der Waals surface area contributed by atoms with Crippen LogP contribution in [-0.2, 0) is 0 Å². The SMILES string of the molecule is CCC(=O)c1cnc2ccc(-c3cc(F)c(O)c(Cl)c3)cc2c1NC1CCC(N(C)C)CC1. The van der Waals surface area contributed by atoms with Gasteiger partial charge in [0.2, 0.25) is 0 Å². The van der Waals surface area contributed by atoms with E-state index in [1.165, 1.54) is 12.1 Å². The molecule has 0 bridgehead atoms. The highest BCUT2D eigenvalue weighted by atomic mass is 35.5. The molecule has 0 saturated heterocycles. The van der Waals surface area contributed by atoms with Gasteiger partial charge in [-0.15, -0.1) is 0 Å². The lowest BCUT2D eigenvalue weighted by Gasteiger charge is -2.34. The molecule has 0 radical (unpaired) electrons. The van der Waals surface area contributed by atoms with E-state index in [1.807, 2.05) is 25.1 Å². The van der Waals surface area contributed by atoms with Crippen LogP contribution in [0.1, 0.15) is 49.4 Å². The molecule has 1 heterocycles. The van der Waals surface area contributed by atoms with Gasteiger partial charge in [-0.25, -0.2) is 4.39 Å². The van der Waals surface area contributed by atoms with Gasteiger partial charge in [0, 0.05) is 30.1 Å². The maximum atomic E-state index is 14.1. The van der Waals surface area contributed by atoms with Crippen LogP contribution >= 0.6 is 11.6 Å². The largest absolute Gasteiger partial charge is 0.504 e. The molecule has 174 valence electrons. The Kier molecular flexibility index (Phi) is 6.86. The molecule has 7 heteroatoms. The number of pyridine rings is 1. The van der Waals surface area contributed by atoms with Crippen molar-refractivity contribution in [2.75, 3.05) is 19.4 Å². The van der Waals surface area contributed by atoms with Crippen LogP contribution in [0.15, 0.2) is 36.5 Å². The van der Waals surface area contributed by atoms with Gasteiger partial charge in [0.25, 0.3) is 0 Å². The highest BCUT2D eigenvalue weighted by Gasteiger charge is 2.24. The minimum atomic E-state index is -0.776. The van der Waals surface area contributed by atoms with Crippen molar-refractivity contribution in [1.82, 2.24) is 9.88 Å². The van der Waals surface area contributed by atoms with Gasteiger partial charge in [-0.05, 0) is 75.2 Å². The van der Waals surface area contributed by atoms with E-state index in [0.717, 1.165) is 47.8 Å². The summed E-state index contributed by atoms with van der Waals surface area (Å²) in [5, 5.41) is 14.1. The van der Waals surface area contributed by atoms with Crippen LogP contribution in [0.3, 0.4) is 0 Å². The second kappa shape index (κ2) is 9.65. The Bertz CT molecular complexity index is 1170. The van der Waals surface area contributed by atoms with Crippen molar-refractivity contribution >= 4 is 34.0 Å². The van der Waals surface area contributed by atoms with Crippen LogP contribution in [0.25, 0.3) is 22.0 Å². The molecule has 2 aromatic carbocycles. The van der Waals surface area contributed by atoms with Gasteiger partial charge >= 0.3 is 0 Å². The van der Waals surface area contributed by atoms with Crippen molar-refractivity contribution in [1.29, 1.82) is 0 Å². The lowest BCUT2D eigenvalue weighted by atomic mass is 9.90. The van der Waals surface area contributed by atoms with Crippen molar-refractivity contribution in [3.63, 3.8) is 0 Å². The first kappa shape index (κ1) is 23.5. The number of ketones is 1. The van der Waals surface area contributed by atoms with E-state index in [-0.39, 0.29) is 16.8 Å². The molecule has 0 aliphatic heterocycles. The lowest BCUT2D eigenvalue weighted by molar-refractivity contribution is 0.0988. The number of rotatable bonds is 6. The Morgan fingerprint density at radius 2 is 1.91 bits per heavy atom. The number of hydrogen-bond donors (Lipinski definition) is 2. The smallest absolute Gasteiger partial charge is 0.170 e. The summed E-state index contributed by atoms with van der Waals surface area (Å²) in [6, 6.07) is 9.24. The predicted molar refractivity (Wildman–Crippen MR) is 132 cm³/mol. The van der Waals surface area contributed by atoms with E-state index in [0.29, 0.717) is 23.6 Å². The summed E-state index contributed by atoms with van der Waals surface area (Å²) in [7, 11) is 4.24. The van der Waals surface area contributed by atoms with Crippen molar-refractivity contribution in [3.8, 4) is 16.9 Å². The van der Waals surface area contributed by atoms with Crippen molar-refractivity contribution in [2.45, 2.75) is 51.1 Å². The fourth-order valence-corrected chi connectivity index (χ4v) is 4.81. The summed E-state index contributed by atoms with van der Waals surface area (Å²) in [6.07, 6.45) is 6.27. The summed E-state index contributed by atoms with van der Waals surface area (Å²) in [6.45, 7) is 1.84. The molecule has 4 rings (SSSR count). The van der Waals surface area contributed by atoms with E-state index in [2.05, 4.69) is 29.3 Å². The summed E-state index contributed by atoms with van der Waals surface area (Å²) >= 11 is 6.00. The zero-order chi connectivity index (χ0) is 23.7. The predicted octanol–water partition coefficient (Wildman–Crippen LogP) is 6.28. The molecule has 0 unspecified atom stereocenters. The van der Waals surface area contributed by atoms with Gasteiger partial charge < -0.3 is 15.3 Å². The fourth-order valence-electron chi connectivity index (χ4n) is 4.60. The molecule has 5 nitrogen and oxygen atoms in total. The monoisotopic (exact) mass is 469 g/mol. The maximum absolute atomic E-state index is 14.1. The van der Waals surface area contributed by atoms with Crippen LogP contribution in [0.2, 0.25) is 5.02 Å². The third-order valence-corrected chi connectivity index (χ3v) is 6.90. The second-order valence-electron chi connectivity index (χ2n) is 8.96. The summed E-state index contributed by atoms with van der Waals surface area (Å²) in [5.41, 5.74) is 3.38. The number of nitrogens with zero attached hydrogens (tertiary/aromatic N) is 2. The number of phenols is 1. The number of carbonyl (C=O) groups excluding carboxylic acids is 1. The van der Waals surface area contributed by atoms with E-state index in [4.69, 9.17) is 11.6 Å². The Balaban J connectivity index is 1.77. The fraction of sp³-hybridized carbons (Fsp3) is 0.385. The van der Waals surface area contributed by atoms with Crippen molar-refractivity contribution < 1.29 is 14.3 Å². The molecule has 0 atom stereocenters. The molecular formula is C26H29ClFN3O2. The number of benzene rings is 2. The van der Waals surface area contributed by atoms with Crippen LogP contribution < -0.4 is 5.32 Å². The first-order chi connectivity index (χ1) is 15.8. The third kappa shape index (κ3) is 4.82. The van der Waals surface area contributed by atoms with Gasteiger partial charge in [0.05, 0.1) is 21.8 Å². The molecule has 3 aromatic rings. The summed E-state index contributed by atoms with van der Waals surface area (Å²) in [4.78, 5) is 19.6. The molecule has 0 spiro atoms. The number of aromatic hydroxyl groups is 1. The van der Waals surface area contributed by atoms with Gasteiger partial charge in [-0.3, -0.25) is 9.78 Å². The van der Waals surface area contributed by atoms with E-state index in [9.17, 15) is 14.3 Å². The number of phenolic OH excluding ortho intramolecular Hbond substituents is 1. The van der Waals surface area contributed by atoms with Gasteiger partial charge in [0.1, 0.15) is 0 Å². The highest BCUT2D eigenvalue weighted by Crippen LogP contribution is 2.36. The molecule has 33 heavy (non-hydrogen) atoms. The normalized spacial score (nSPS) is 18.6. The number of carbonyl (C=O) groups is 1.